The highest BCUT2D eigenvalue weighted by Gasteiger charge is 2.11. The molecule has 2 aromatic carbocycles. The van der Waals surface area contributed by atoms with Crippen molar-refractivity contribution in [2.24, 2.45) is 0 Å². The second-order valence-electron chi connectivity index (χ2n) is 5.08. The number of halogens is 2. The lowest BCUT2D eigenvalue weighted by Gasteiger charge is -2.17. The van der Waals surface area contributed by atoms with Crippen LogP contribution < -0.4 is 10.1 Å². The summed E-state index contributed by atoms with van der Waals surface area (Å²) in [7, 11) is 1.87. The molecule has 0 aliphatic rings. The third kappa shape index (κ3) is 3.79. The highest BCUT2D eigenvalue weighted by molar-refractivity contribution is 5.39. The number of hydrogen-bond donors (Lipinski definition) is 1. The Morgan fingerprint density at radius 1 is 1.14 bits per heavy atom. The third-order valence-electron chi connectivity index (χ3n) is 3.47. The molecule has 0 aliphatic carbocycles. The van der Waals surface area contributed by atoms with Crippen LogP contribution in [-0.2, 0) is 6.61 Å². The van der Waals surface area contributed by atoms with Crippen molar-refractivity contribution in [1.82, 2.24) is 5.32 Å². The minimum atomic E-state index is -0.592. The smallest absolute Gasteiger partial charge is 0.132 e. The number of aryl methyl sites for hydroxylation is 1. The molecular formula is C17H19F2NO. The van der Waals surface area contributed by atoms with E-state index in [9.17, 15) is 8.78 Å². The molecule has 0 radical (unpaired) electrons. The maximum Gasteiger partial charge on any atom is 0.132 e. The van der Waals surface area contributed by atoms with Gasteiger partial charge in [-0.25, -0.2) is 8.78 Å². The second-order valence-corrected chi connectivity index (χ2v) is 5.08. The Bertz CT molecular complexity index is 628. The van der Waals surface area contributed by atoms with Gasteiger partial charge in [-0.15, -0.1) is 0 Å². The first-order valence-corrected chi connectivity index (χ1v) is 6.86. The molecule has 1 unspecified atom stereocenters. The Morgan fingerprint density at radius 2 is 1.90 bits per heavy atom. The van der Waals surface area contributed by atoms with Crippen LogP contribution >= 0.6 is 0 Å². The number of hydrogen-bond acceptors (Lipinski definition) is 2. The van der Waals surface area contributed by atoms with E-state index in [4.69, 9.17) is 4.74 Å². The number of rotatable bonds is 5. The van der Waals surface area contributed by atoms with Crippen molar-refractivity contribution in [2.75, 3.05) is 7.05 Å². The summed E-state index contributed by atoms with van der Waals surface area (Å²) in [5.74, 6) is -0.470. The minimum absolute atomic E-state index is 0.0685. The predicted octanol–water partition coefficient (Wildman–Crippen LogP) is 4.13. The van der Waals surface area contributed by atoms with Crippen molar-refractivity contribution in [3.63, 3.8) is 0 Å². The summed E-state index contributed by atoms with van der Waals surface area (Å²) in [5, 5.41) is 3.15. The van der Waals surface area contributed by atoms with E-state index in [0.29, 0.717) is 11.3 Å². The first-order valence-electron chi connectivity index (χ1n) is 6.86. The van der Waals surface area contributed by atoms with Crippen LogP contribution in [0.25, 0.3) is 0 Å². The number of ether oxygens (including phenoxy) is 1. The van der Waals surface area contributed by atoms with E-state index in [1.165, 1.54) is 12.1 Å². The predicted molar refractivity (Wildman–Crippen MR) is 79.3 cm³/mol. The SMILES string of the molecule is CNC(C)c1ccc(C)cc1OCc1ccc(F)cc1F. The van der Waals surface area contributed by atoms with Crippen LogP contribution in [0.15, 0.2) is 36.4 Å². The lowest BCUT2D eigenvalue weighted by molar-refractivity contribution is 0.293. The fraction of sp³-hybridized carbons (Fsp3) is 0.294. The Labute approximate surface area is 123 Å². The molecular weight excluding hydrogens is 272 g/mol. The van der Waals surface area contributed by atoms with E-state index in [1.54, 1.807) is 0 Å². The van der Waals surface area contributed by atoms with Crippen molar-refractivity contribution in [3.8, 4) is 5.75 Å². The van der Waals surface area contributed by atoms with Crippen LogP contribution in [0.3, 0.4) is 0 Å². The van der Waals surface area contributed by atoms with E-state index in [-0.39, 0.29) is 12.6 Å². The molecule has 1 N–H and O–H groups in total. The summed E-state index contributed by atoms with van der Waals surface area (Å²) in [6.07, 6.45) is 0. The highest BCUT2D eigenvalue weighted by atomic mass is 19.1. The van der Waals surface area contributed by atoms with E-state index in [0.717, 1.165) is 17.2 Å². The molecule has 4 heteroatoms. The summed E-state index contributed by atoms with van der Waals surface area (Å²) in [6, 6.07) is 9.55. The van der Waals surface area contributed by atoms with Crippen molar-refractivity contribution < 1.29 is 13.5 Å². The topological polar surface area (TPSA) is 21.3 Å². The molecule has 0 heterocycles. The Balaban J connectivity index is 2.21. The van der Waals surface area contributed by atoms with Gasteiger partial charge >= 0.3 is 0 Å². The molecule has 0 aromatic heterocycles. The summed E-state index contributed by atoms with van der Waals surface area (Å²) in [5.41, 5.74) is 2.41. The Morgan fingerprint density at radius 3 is 2.57 bits per heavy atom. The molecule has 112 valence electrons. The fourth-order valence-corrected chi connectivity index (χ4v) is 2.07. The Kier molecular flexibility index (Phi) is 4.91. The van der Waals surface area contributed by atoms with Gasteiger partial charge in [0.1, 0.15) is 24.0 Å². The molecule has 21 heavy (non-hydrogen) atoms. The molecule has 0 amide bonds. The van der Waals surface area contributed by atoms with Gasteiger partial charge in [-0.05, 0) is 44.7 Å². The zero-order chi connectivity index (χ0) is 15.4. The standard InChI is InChI=1S/C17H19F2NO/c1-11-4-7-15(12(2)20-3)17(8-11)21-10-13-5-6-14(18)9-16(13)19/h4-9,12,20H,10H2,1-3H3. The zero-order valence-electron chi connectivity index (χ0n) is 12.4. The van der Waals surface area contributed by atoms with Gasteiger partial charge in [-0.3, -0.25) is 0 Å². The summed E-state index contributed by atoms with van der Waals surface area (Å²) < 4.78 is 32.3. The average molecular weight is 291 g/mol. The quantitative estimate of drug-likeness (QED) is 0.894. The summed E-state index contributed by atoms with van der Waals surface area (Å²) >= 11 is 0. The largest absolute Gasteiger partial charge is 0.488 e. The van der Waals surface area contributed by atoms with Crippen LogP contribution in [0.1, 0.15) is 29.7 Å². The van der Waals surface area contributed by atoms with E-state index in [1.807, 2.05) is 39.1 Å². The lowest BCUT2D eigenvalue weighted by Crippen LogP contribution is -2.14. The van der Waals surface area contributed by atoms with Crippen LogP contribution in [0, 0.1) is 18.6 Å². The van der Waals surface area contributed by atoms with Crippen molar-refractivity contribution >= 4 is 0 Å². The second kappa shape index (κ2) is 6.68. The summed E-state index contributed by atoms with van der Waals surface area (Å²) in [4.78, 5) is 0. The first kappa shape index (κ1) is 15.4. The highest BCUT2D eigenvalue weighted by Crippen LogP contribution is 2.27. The maximum atomic E-state index is 13.6. The zero-order valence-corrected chi connectivity index (χ0v) is 12.4. The Hall–Kier alpha value is -1.94. The van der Waals surface area contributed by atoms with Gasteiger partial charge in [0, 0.05) is 23.2 Å². The van der Waals surface area contributed by atoms with Crippen molar-refractivity contribution in [2.45, 2.75) is 26.5 Å². The van der Waals surface area contributed by atoms with Crippen LogP contribution in [-0.4, -0.2) is 7.05 Å². The van der Waals surface area contributed by atoms with Crippen LogP contribution in [0.2, 0.25) is 0 Å². The summed E-state index contributed by atoms with van der Waals surface area (Å²) in [6.45, 7) is 4.06. The van der Waals surface area contributed by atoms with E-state index >= 15 is 0 Å². The molecule has 2 rings (SSSR count). The van der Waals surface area contributed by atoms with Gasteiger partial charge in [-0.2, -0.15) is 0 Å². The molecule has 1 atom stereocenters. The van der Waals surface area contributed by atoms with Crippen molar-refractivity contribution in [3.05, 3.63) is 64.7 Å². The molecule has 0 aliphatic heterocycles. The van der Waals surface area contributed by atoms with E-state index < -0.39 is 11.6 Å². The van der Waals surface area contributed by atoms with Gasteiger partial charge < -0.3 is 10.1 Å². The normalized spacial score (nSPS) is 12.2. The molecule has 0 spiro atoms. The van der Waals surface area contributed by atoms with Crippen LogP contribution in [0.4, 0.5) is 8.78 Å². The number of benzene rings is 2. The molecule has 2 aromatic rings. The van der Waals surface area contributed by atoms with Gasteiger partial charge in [0.25, 0.3) is 0 Å². The monoisotopic (exact) mass is 291 g/mol. The molecule has 2 nitrogen and oxygen atoms in total. The van der Waals surface area contributed by atoms with Gasteiger partial charge in [0.05, 0.1) is 0 Å². The van der Waals surface area contributed by atoms with Gasteiger partial charge in [0.15, 0.2) is 0 Å². The van der Waals surface area contributed by atoms with E-state index in [2.05, 4.69) is 5.32 Å². The van der Waals surface area contributed by atoms with Crippen LogP contribution in [0.5, 0.6) is 5.75 Å². The first-order chi connectivity index (χ1) is 10.0. The average Bonchev–Trinajstić information content (AvgIpc) is 2.45. The lowest BCUT2D eigenvalue weighted by atomic mass is 10.1. The molecule has 0 saturated carbocycles. The number of nitrogens with one attached hydrogen (secondary N) is 1. The van der Waals surface area contributed by atoms with Gasteiger partial charge in [0.2, 0.25) is 0 Å². The van der Waals surface area contributed by atoms with Crippen molar-refractivity contribution in [1.29, 1.82) is 0 Å². The molecule has 0 bridgehead atoms. The minimum Gasteiger partial charge on any atom is -0.488 e. The van der Waals surface area contributed by atoms with Gasteiger partial charge in [-0.1, -0.05) is 12.1 Å². The third-order valence-corrected chi connectivity index (χ3v) is 3.47. The molecule has 0 fully saturated rings. The fourth-order valence-electron chi connectivity index (χ4n) is 2.07. The molecule has 0 saturated heterocycles. The maximum absolute atomic E-state index is 13.6.